The molecule has 0 unspecified atom stereocenters. The highest BCUT2D eigenvalue weighted by molar-refractivity contribution is 5.27. The van der Waals surface area contributed by atoms with Gasteiger partial charge in [0.25, 0.3) is 0 Å². The van der Waals surface area contributed by atoms with Crippen LogP contribution in [0.25, 0.3) is 0 Å². The van der Waals surface area contributed by atoms with Crippen LogP contribution < -0.4 is 10.1 Å². The summed E-state index contributed by atoms with van der Waals surface area (Å²) in [6.45, 7) is 2.97. The monoisotopic (exact) mass is 183 g/mol. The van der Waals surface area contributed by atoms with Crippen molar-refractivity contribution in [2.24, 2.45) is 0 Å². The van der Waals surface area contributed by atoms with Gasteiger partial charge in [-0.2, -0.15) is 4.98 Å². The van der Waals surface area contributed by atoms with Gasteiger partial charge in [-0.3, -0.25) is 0 Å². The van der Waals surface area contributed by atoms with Crippen LogP contribution in [0, 0.1) is 0 Å². The highest BCUT2D eigenvalue weighted by atomic mass is 16.5. The number of rotatable bonds is 5. The van der Waals surface area contributed by atoms with E-state index in [1.165, 1.54) is 0 Å². The molecular weight excluding hydrogens is 170 g/mol. The minimum absolute atomic E-state index is 0.0578. The summed E-state index contributed by atoms with van der Waals surface area (Å²) in [5, 5.41) is 11.4. The van der Waals surface area contributed by atoms with E-state index < -0.39 is 0 Å². The summed E-state index contributed by atoms with van der Waals surface area (Å²) in [6.07, 6.45) is 1.61. The van der Waals surface area contributed by atoms with Crippen LogP contribution in [-0.2, 0) is 0 Å². The molecule has 0 spiro atoms. The molecule has 72 valence electrons. The van der Waals surface area contributed by atoms with Crippen molar-refractivity contribution in [2.45, 2.75) is 6.92 Å². The van der Waals surface area contributed by atoms with Gasteiger partial charge in [0, 0.05) is 18.8 Å². The van der Waals surface area contributed by atoms with Crippen molar-refractivity contribution in [2.75, 3.05) is 25.1 Å². The Morgan fingerprint density at radius 1 is 1.62 bits per heavy atom. The Labute approximate surface area is 76.8 Å². The molecule has 13 heavy (non-hydrogen) atoms. The smallest absolute Gasteiger partial charge is 0.226 e. The minimum Gasteiger partial charge on any atom is -0.478 e. The van der Waals surface area contributed by atoms with Crippen LogP contribution >= 0.6 is 0 Å². The van der Waals surface area contributed by atoms with Crippen molar-refractivity contribution in [3.63, 3.8) is 0 Å². The Kier molecular flexibility index (Phi) is 3.98. The van der Waals surface area contributed by atoms with Crippen LogP contribution in [0.15, 0.2) is 12.3 Å². The van der Waals surface area contributed by atoms with E-state index in [4.69, 9.17) is 9.84 Å². The Bertz CT molecular complexity index is 255. The highest BCUT2D eigenvalue weighted by Gasteiger charge is 1.97. The van der Waals surface area contributed by atoms with Crippen molar-refractivity contribution in [3.05, 3.63) is 12.3 Å². The summed E-state index contributed by atoms with van der Waals surface area (Å²) in [5.74, 6) is 1.01. The molecule has 0 aromatic carbocycles. The molecule has 0 radical (unpaired) electrons. The summed E-state index contributed by atoms with van der Waals surface area (Å²) in [7, 11) is 0. The van der Waals surface area contributed by atoms with Gasteiger partial charge >= 0.3 is 0 Å². The van der Waals surface area contributed by atoms with Crippen LogP contribution in [0.2, 0.25) is 0 Å². The van der Waals surface area contributed by atoms with Gasteiger partial charge in [0.2, 0.25) is 11.8 Å². The predicted molar refractivity (Wildman–Crippen MR) is 48.8 cm³/mol. The van der Waals surface area contributed by atoms with Gasteiger partial charge in [-0.25, -0.2) is 4.98 Å². The molecule has 5 nitrogen and oxygen atoms in total. The molecule has 2 N–H and O–H groups in total. The van der Waals surface area contributed by atoms with Crippen LogP contribution in [0.3, 0.4) is 0 Å². The molecule has 0 saturated carbocycles. The zero-order valence-electron chi connectivity index (χ0n) is 7.53. The average molecular weight is 183 g/mol. The fourth-order valence-electron chi connectivity index (χ4n) is 0.823. The average Bonchev–Trinajstić information content (AvgIpc) is 2.16. The van der Waals surface area contributed by atoms with E-state index in [0.29, 0.717) is 25.0 Å². The lowest BCUT2D eigenvalue weighted by molar-refractivity contribution is 0.310. The van der Waals surface area contributed by atoms with E-state index in [2.05, 4.69) is 15.3 Å². The maximum absolute atomic E-state index is 8.55. The summed E-state index contributed by atoms with van der Waals surface area (Å²) >= 11 is 0. The first-order valence-corrected chi connectivity index (χ1v) is 4.17. The maximum atomic E-state index is 8.55. The number of aliphatic hydroxyl groups is 1. The number of aliphatic hydroxyl groups excluding tert-OH is 1. The molecule has 0 saturated heterocycles. The zero-order chi connectivity index (χ0) is 9.52. The third-order valence-corrected chi connectivity index (χ3v) is 1.32. The number of aromatic nitrogens is 2. The topological polar surface area (TPSA) is 67.3 Å². The third kappa shape index (κ3) is 3.25. The number of ether oxygens (including phenoxy) is 1. The SMILES string of the molecule is CCOc1ccnc(NCCO)n1. The summed E-state index contributed by atoms with van der Waals surface area (Å²) in [5.41, 5.74) is 0. The van der Waals surface area contributed by atoms with Crippen molar-refractivity contribution < 1.29 is 9.84 Å². The van der Waals surface area contributed by atoms with Gasteiger partial charge < -0.3 is 15.2 Å². The van der Waals surface area contributed by atoms with Crippen LogP contribution in [0.5, 0.6) is 5.88 Å². The molecule has 1 rings (SSSR count). The molecule has 0 bridgehead atoms. The number of anilines is 1. The normalized spacial score (nSPS) is 9.69. The fraction of sp³-hybridized carbons (Fsp3) is 0.500. The van der Waals surface area contributed by atoms with E-state index in [0.717, 1.165) is 0 Å². The standard InChI is InChI=1S/C8H13N3O2/c1-2-13-7-3-4-9-8(11-7)10-5-6-12/h3-4,12H,2,5-6H2,1H3,(H,9,10,11). The van der Waals surface area contributed by atoms with Crippen molar-refractivity contribution in [1.29, 1.82) is 0 Å². The van der Waals surface area contributed by atoms with E-state index in [-0.39, 0.29) is 6.61 Å². The number of hydrogen-bond donors (Lipinski definition) is 2. The Morgan fingerprint density at radius 2 is 2.46 bits per heavy atom. The molecule has 0 atom stereocenters. The molecule has 0 fully saturated rings. The van der Waals surface area contributed by atoms with Crippen LogP contribution in [0.1, 0.15) is 6.92 Å². The second-order valence-electron chi connectivity index (χ2n) is 2.30. The third-order valence-electron chi connectivity index (χ3n) is 1.32. The minimum atomic E-state index is 0.0578. The van der Waals surface area contributed by atoms with Crippen LogP contribution in [0.4, 0.5) is 5.95 Å². The second-order valence-corrected chi connectivity index (χ2v) is 2.30. The Balaban J connectivity index is 2.56. The van der Waals surface area contributed by atoms with Gasteiger partial charge in [-0.15, -0.1) is 0 Å². The van der Waals surface area contributed by atoms with E-state index in [9.17, 15) is 0 Å². The number of nitrogens with zero attached hydrogens (tertiary/aromatic N) is 2. The molecule has 5 heteroatoms. The number of hydrogen-bond acceptors (Lipinski definition) is 5. The highest BCUT2D eigenvalue weighted by Crippen LogP contribution is 2.07. The van der Waals surface area contributed by atoms with E-state index >= 15 is 0 Å². The van der Waals surface area contributed by atoms with Crippen molar-refractivity contribution in [3.8, 4) is 5.88 Å². The zero-order valence-corrected chi connectivity index (χ0v) is 7.53. The first-order valence-electron chi connectivity index (χ1n) is 4.17. The molecule has 0 aliphatic rings. The quantitative estimate of drug-likeness (QED) is 0.686. The number of nitrogens with one attached hydrogen (secondary N) is 1. The maximum Gasteiger partial charge on any atom is 0.226 e. The van der Waals surface area contributed by atoms with E-state index in [1.54, 1.807) is 12.3 Å². The molecule has 0 aliphatic carbocycles. The second kappa shape index (κ2) is 5.31. The first kappa shape index (κ1) is 9.73. The van der Waals surface area contributed by atoms with Gasteiger partial charge in [0.05, 0.1) is 13.2 Å². The molecule has 1 aromatic heterocycles. The Morgan fingerprint density at radius 3 is 3.15 bits per heavy atom. The predicted octanol–water partition coefficient (Wildman–Crippen LogP) is 0.279. The van der Waals surface area contributed by atoms with Gasteiger partial charge in [-0.05, 0) is 6.92 Å². The molecule has 0 aliphatic heterocycles. The van der Waals surface area contributed by atoms with Gasteiger partial charge in [0.15, 0.2) is 0 Å². The van der Waals surface area contributed by atoms with Crippen LogP contribution in [-0.4, -0.2) is 34.8 Å². The summed E-state index contributed by atoms with van der Waals surface area (Å²) < 4.78 is 5.17. The molecular formula is C8H13N3O2. The molecule has 1 aromatic rings. The molecule has 1 heterocycles. The summed E-state index contributed by atoms with van der Waals surface area (Å²) in [4.78, 5) is 7.99. The lowest BCUT2D eigenvalue weighted by Crippen LogP contribution is -2.09. The molecule has 0 amide bonds. The Hall–Kier alpha value is -1.36. The van der Waals surface area contributed by atoms with Crippen molar-refractivity contribution >= 4 is 5.95 Å². The first-order chi connectivity index (χ1) is 6.36. The lowest BCUT2D eigenvalue weighted by atomic mass is 10.6. The van der Waals surface area contributed by atoms with E-state index in [1.807, 2.05) is 6.92 Å². The van der Waals surface area contributed by atoms with Crippen molar-refractivity contribution in [1.82, 2.24) is 9.97 Å². The largest absolute Gasteiger partial charge is 0.478 e. The fourth-order valence-corrected chi connectivity index (χ4v) is 0.823. The van der Waals surface area contributed by atoms with Gasteiger partial charge in [-0.1, -0.05) is 0 Å². The lowest BCUT2D eigenvalue weighted by Gasteiger charge is -2.04. The summed E-state index contributed by atoms with van der Waals surface area (Å²) in [6, 6.07) is 1.69. The van der Waals surface area contributed by atoms with Gasteiger partial charge in [0.1, 0.15) is 0 Å².